The van der Waals surface area contributed by atoms with Gasteiger partial charge in [-0.1, -0.05) is 30.0 Å². The molecule has 0 N–H and O–H groups in total. The monoisotopic (exact) mass is 537 g/mol. The van der Waals surface area contributed by atoms with E-state index in [2.05, 4.69) is 15.2 Å². The van der Waals surface area contributed by atoms with Crippen molar-refractivity contribution in [1.82, 2.24) is 24.6 Å². The number of piperidine rings is 1. The summed E-state index contributed by atoms with van der Waals surface area (Å²) < 4.78 is 12.8. The van der Waals surface area contributed by atoms with E-state index < -0.39 is 0 Å². The van der Waals surface area contributed by atoms with E-state index in [9.17, 15) is 9.59 Å². The number of hydrogen-bond donors (Lipinski definition) is 0. The third-order valence-electron chi connectivity index (χ3n) is 6.16. The van der Waals surface area contributed by atoms with E-state index in [0.29, 0.717) is 47.9 Å². The van der Waals surface area contributed by atoms with Crippen LogP contribution in [0.1, 0.15) is 40.8 Å². The Morgan fingerprint density at radius 1 is 1.22 bits per heavy atom. The number of carbonyl (C=O) groups excluding carboxylic acids is 2. The number of esters is 1. The minimum absolute atomic E-state index is 0.148. The number of amides is 1. The van der Waals surface area contributed by atoms with E-state index in [0.717, 1.165) is 29.1 Å². The smallest absolute Gasteiger partial charge is 0.310 e. The van der Waals surface area contributed by atoms with Crippen LogP contribution in [0.25, 0.3) is 17.3 Å². The van der Waals surface area contributed by atoms with Crippen LogP contribution in [0.15, 0.2) is 57.6 Å². The Morgan fingerprint density at radius 3 is 2.86 bits per heavy atom. The van der Waals surface area contributed by atoms with Crippen LogP contribution in [-0.2, 0) is 15.3 Å². The van der Waals surface area contributed by atoms with Crippen molar-refractivity contribution in [2.45, 2.75) is 37.6 Å². The molecule has 1 atom stereocenters. The summed E-state index contributed by atoms with van der Waals surface area (Å²) in [5, 5.41) is 12.1. The molecule has 1 aliphatic heterocycles. The van der Waals surface area contributed by atoms with Crippen LogP contribution in [0.4, 0.5) is 0 Å². The zero-order valence-electron chi connectivity index (χ0n) is 20.6. The van der Waals surface area contributed by atoms with E-state index in [-0.39, 0.29) is 17.8 Å². The Balaban J connectivity index is 1.31. The van der Waals surface area contributed by atoms with E-state index in [1.807, 2.05) is 47.9 Å². The zero-order chi connectivity index (χ0) is 25.8. The topological polar surface area (TPSA) is 103 Å². The first-order chi connectivity index (χ1) is 18.0. The first kappa shape index (κ1) is 25.2. The standard InChI is InChI=1S/C26H27N5O4S2/c1-3-34-25(33)18-9-6-12-30(14-18)24(32)19-15-36-22(27-19)16-37-26-29-28-23(21-11-7-13-35-21)31(26)20-10-5-4-8-17(20)2/h4-5,7-8,10-11,13,15,18H,3,6,9,12,14,16H2,1-2H3. The lowest BCUT2D eigenvalue weighted by molar-refractivity contribution is -0.149. The molecule has 1 amide bonds. The molecular formula is C26H27N5O4S2. The third-order valence-corrected chi connectivity index (χ3v) is 8.13. The fraction of sp³-hybridized carbons (Fsp3) is 0.346. The predicted molar refractivity (Wildman–Crippen MR) is 141 cm³/mol. The van der Waals surface area contributed by atoms with Crippen molar-refractivity contribution in [2.75, 3.05) is 19.7 Å². The number of thioether (sulfide) groups is 1. The van der Waals surface area contributed by atoms with Crippen molar-refractivity contribution in [3.05, 3.63) is 64.3 Å². The highest BCUT2D eigenvalue weighted by Gasteiger charge is 2.30. The zero-order valence-corrected chi connectivity index (χ0v) is 22.3. The van der Waals surface area contributed by atoms with Gasteiger partial charge in [0.2, 0.25) is 5.82 Å². The summed E-state index contributed by atoms with van der Waals surface area (Å²) in [6.45, 7) is 5.16. The molecule has 1 aromatic carbocycles. The van der Waals surface area contributed by atoms with Crippen LogP contribution in [0, 0.1) is 12.8 Å². The number of thiazole rings is 1. The third kappa shape index (κ3) is 5.47. The van der Waals surface area contributed by atoms with Gasteiger partial charge in [-0.15, -0.1) is 21.5 Å². The summed E-state index contributed by atoms with van der Waals surface area (Å²) in [5.74, 6) is 1.13. The number of nitrogens with zero attached hydrogens (tertiary/aromatic N) is 5. The first-order valence-corrected chi connectivity index (χ1v) is 14.0. The summed E-state index contributed by atoms with van der Waals surface area (Å²) in [6.07, 6.45) is 3.13. The van der Waals surface area contributed by atoms with E-state index in [1.54, 1.807) is 23.5 Å². The summed E-state index contributed by atoms with van der Waals surface area (Å²) >= 11 is 2.94. The normalized spacial score (nSPS) is 15.6. The minimum atomic E-state index is -0.275. The van der Waals surface area contributed by atoms with Gasteiger partial charge in [-0.3, -0.25) is 14.2 Å². The molecule has 1 unspecified atom stereocenters. The lowest BCUT2D eigenvalue weighted by atomic mass is 9.98. The molecule has 1 saturated heterocycles. The summed E-state index contributed by atoms with van der Waals surface area (Å²) in [6, 6.07) is 11.7. The molecule has 192 valence electrons. The molecule has 0 spiro atoms. The molecule has 37 heavy (non-hydrogen) atoms. The van der Waals surface area contributed by atoms with Crippen molar-refractivity contribution >= 4 is 35.0 Å². The molecule has 4 heterocycles. The fourth-order valence-corrected chi connectivity index (χ4v) is 6.07. The number of likely N-dealkylation sites (tertiary alicyclic amines) is 1. The van der Waals surface area contributed by atoms with Crippen molar-refractivity contribution in [3.8, 4) is 17.3 Å². The number of rotatable bonds is 8. The average Bonchev–Trinajstić information content (AvgIpc) is 3.68. The van der Waals surface area contributed by atoms with Crippen molar-refractivity contribution in [2.24, 2.45) is 5.92 Å². The molecule has 0 aliphatic carbocycles. The van der Waals surface area contributed by atoms with E-state index >= 15 is 0 Å². The predicted octanol–water partition coefficient (Wildman–Crippen LogP) is 5.00. The number of furan rings is 1. The van der Waals surface area contributed by atoms with Gasteiger partial charge in [-0.25, -0.2) is 4.98 Å². The second-order valence-corrected chi connectivity index (χ2v) is 10.5. The molecule has 0 saturated carbocycles. The maximum atomic E-state index is 13.1. The minimum Gasteiger partial charge on any atom is -0.466 e. The van der Waals surface area contributed by atoms with Crippen LogP contribution in [0.2, 0.25) is 0 Å². The number of carbonyl (C=O) groups is 2. The van der Waals surface area contributed by atoms with E-state index in [1.165, 1.54) is 23.1 Å². The average molecular weight is 538 g/mol. The van der Waals surface area contributed by atoms with Gasteiger partial charge >= 0.3 is 5.97 Å². The Morgan fingerprint density at radius 2 is 2.08 bits per heavy atom. The Bertz CT molecular complexity index is 1380. The maximum absolute atomic E-state index is 13.1. The number of benzene rings is 1. The van der Waals surface area contributed by atoms with Crippen molar-refractivity contribution in [3.63, 3.8) is 0 Å². The quantitative estimate of drug-likeness (QED) is 0.229. The van der Waals surface area contributed by atoms with E-state index in [4.69, 9.17) is 9.15 Å². The van der Waals surface area contributed by atoms with Crippen LogP contribution in [0.3, 0.4) is 0 Å². The second kappa shape index (κ2) is 11.3. The molecular weight excluding hydrogens is 510 g/mol. The molecule has 11 heteroatoms. The van der Waals surface area contributed by atoms with Crippen LogP contribution >= 0.6 is 23.1 Å². The summed E-state index contributed by atoms with van der Waals surface area (Å²) in [4.78, 5) is 31.6. The number of aromatic nitrogens is 4. The largest absolute Gasteiger partial charge is 0.466 e. The van der Waals surface area contributed by atoms with Gasteiger partial charge in [0.1, 0.15) is 10.7 Å². The lowest BCUT2D eigenvalue weighted by Crippen LogP contribution is -2.43. The van der Waals surface area contributed by atoms with Gasteiger partial charge in [0.15, 0.2) is 10.9 Å². The maximum Gasteiger partial charge on any atom is 0.310 e. The van der Waals surface area contributed by atoms with Gasteiger partial charge in [0.25, 0.3) is 5.91 Å². The molecule has 1 aliphatic rings. The summed E-state index contributed by atoms with van der Waals surface area (Å²) in [5.41, 5.74) is 2.46. The van der Waals surface area contributed by atoms with Gasteiger partial charge in [0, 0.05) is 18.5 Å². The van der Waals surface area contributed by atoms with Crippen molar-refractivity contribution in [1.29, 1.82) is 0 Å². The van der Waals surface area contributed by atoms with Crippen molar-refractivity contribution < 1.29 is 18.7 Å². The lowest BCUT2D eigenvalue weighted by Gasteiger charge is -2.31. The molecule has 9 nitrogen and oxygen atoms in total. The van der Waals surface area contributed by atoms with Gasteiger partial charge in [-0.05, 0) is 50.5 Å². The van der Waals surface area contributed by atoms with Crippen LogP contribution in [-0.4, -0.2) is 56.2 Å². The fourth-order valence-electron chi connectivity index (χ4n) is 4.34. The Hall–Kier alpha value is -3.44. The van der Waals surface area contributed by atoms with Gasteiger partial charge < -0.3 is 14.1 Å². The molecule has 1 fully saturated rings. The van der Waals surface area contributed by atoms with Crippen LogP contribution < -0.4 is 0 Å². The highest BCUT2D eigenvalue weighted by atomic mass is 32.2. The molecule has 5 rings (SSSR count). The number of ether oxygens (including phenoxy) is 1. The number of aryl methyl sites for hydroxylation is 1. The summed E-state index contributed by atoms with van der Waals surface area (Å²) in [7, 11) is 0. The highest BCUT2D eigenvalue weighted by molar-refractivity contribution is 7.98. The SMILES string of the molecule is CCOC(=O)C1CCCN(C(=O)c2csc(CSc3nnc(-c4ccco4)n3-c3ccccc3C)n2)C1. The molecule has 0 radical (unpaired) electrons. The second-order valence-electron chi connectivity index (χ2n) is 8.66. The number of para-hydroxylation sites is 1. The Labute approximate surface area is 222 Å². The number of hydrogen-bond acceptors (Lipinski definition) is 9. The first-order valence-electron chi connectivity index (χ1n) is 12.1. The highest BCUT2D eigenvalue weighted by Crippen LogP contribution is 2.32. The van der Waals surface area contributed by atoms with Crippen LogP contribution in [0.5, 0.6) is 0 Å². The molecule has 4 aromatic rings. The van der Waals surface area contributed by atoms with Gasteiger partial charge in [-0.2, -0.15) is 0 Å². The van der Waals surface area contributed by atoms with Gasteiger partial charge in [0.05, 0.1) is 30.2 Å². The Kier molecular flexibility index (Phi) is 7.71. The molecule has 3 aromatic heterocycles. The molecule has 0 bridgehead atoms.